The van der Waals surface area contributed by atoms with Gasteiger partial charge in [-0.2, -0.15) is 11.8 Å². The molecule has 0 aliphatic carbocycles. The molecule has 0 unspecified atom stereocenters. The van der Waals surface area contributed by atoms with Crippen molar-refractivity contribution in [3.05, 3.63) is 35.1 Å². The van der Waals surface area contributed by atoms with E-state index in [0.717, 1.165) is 11.1 Å². The van der Waals surface area contributed by atoms with Crippen molar-refractivity contribution in [1.29, 1.82) is 0 Å². The van der Waals surface area contributed by atoms with E-state index in [2.05, 4.69) is 0 Å². The van der Waals surface area contributed by atoms with Gasteiger partial charge >= 0.3 is 5.97 Å². The van der Waals surface area contributed by atoms with Gasteiger partial charge in [-0.1, -0.05) is 6.07 Å². The van der Waals surface area contributed by atoms with Crippen LogP contribution in [0.2, 0.25) is 0 Å². The molecule has 0 bridgehead atoms. The maximum absolute atomic E-state index is 12.8. The van der Waals surface area contributed by atoms with Gasteiger partial charge in [-0.25, -0.2) is 4.39 Å². The van der Waals surface area contributed by atoms with Gasteiger partial charge in [0.2, 0.25) is 0 Å². The van der Waals surface area contributed by atoms with Crippen LogP contribution in [0.25, 0.3) is 0 Å². The van der Waals surface area contributed by atoms with Gasteiger partial charge < -0.3 is 10.8 Å². The molecule has 0 aliphatic heterocycles. The monoisotopic (exact) mass is 243 g/mol. The van der Waals surface area contributed by atoms with Crippen molar-refractivity contribution in [2.45, 2.75) is 18.7 Å². The van der Waals surface area contributed by atoms with Crippen LogP contribution in [0, 0.1) is 12.7 Å². The molecule has 1 atom stereocenters. The van der Waals surface area contributed by atoms with Crippen molar-refractivity contribution >= 4 is 17.7 Å². The Bertz CT molecular complexity index is 384. The van der Waals surface area contributed by atoms with E-state index in [9.17, 15) is 9.18 Å². The molecular formula is C11H14FNO2S. The smallest absolute Gasteiger partial charge is 0.321 e. The average molecular weight is 243 g/mol. The second-order valence-corrected chi connectivity index (χ2v) is 4.56. The van der Waals surface area contributed by atoms with E-state index in [0.29, 0.717) is 11.5 Å². The lowest BCUT2D eigenvalue weighted by Crippen LogP contribution is -2.32. The summed E-state index contributed by atoms with van der Waals surface area (Å²) in [6.07, 6.45) is 0. The van der Waals surface area contributed by atoms with E-state index in [1.165, 1.54) is 23.9 Å². The Hall–Kier alpha value is -1.07. The normalized spacial score (nSPS) is 12.4. The summed E-state index contributed by atoms with van der Waals surface area (Å²) in [6.45, 7) is 1.83. The van der Waals surface area contributed by atoms with Crippen LogP contribution >= 0.6 is 11.8 Å². The number of halogens is 1. The summed E-state index contributed by atoms with van der Waals surface area (Å²) in [4.78, 5) is 10.5. The molecule has 1 aromatic rings. The van der Waals surface area contributed by atoms with Gasteiger partial charge in [-0.15, -0.1) is 0 Å². The summed E-state index contributed by atoms with van der Waals surface area (Å²) in [5.41, 5.74) is 7.24. The van der Waals surface area contributed by atoms with Crippen LogP contribution < -0.4 is 5.73 Å². The fraction of sp³-hybridized carbons (Fsp3) is 0.364. The molecule has 0 fully saturated rings. The largest absolute Gasteiger partial charge is 0.480 e. The molecule has 0 radical (unpaired) electrons. The van der Waals surface area contributed by atoms with Crippen LogP contribution in [0.4, 0.5) is 4.39 Å². The van der Waals surface area contributed by atoms with Crippen LogP contribution in [0.3, 0.4) is 0 Å². The quantitative estimate of drug-likeness (QED) is 0.827. The molecule has 0 heterocycles. The van der Waals surface area contributed by atoms with E-state index in [1.807, 2.05) is 6.92 Å². The lowest BCUT2D eigenvalue weighted by atomic mass is 10.1. The molecule has 0 amide bonds. The summed E-state index contributed by atoms with van der Waals surface area (Å²) in [5, 5.41) is 8.58. The van der Waals surface area contributed by atoms with Gasteiger partial charge in [0.15, 0.2) is 0 Å². The molecule has 1 aromatic carbocycles. The molecule has 0 aromatic heterocycles. The number of thioether (sulfide) groups is 1. The summed E-state index contributed by atoms with van der Waals surface area (Å²) >= 11 is 1.43. The highest BCUT2D eigenvalue weighted by atomic mass is 32.2. The van der Waals surface area contributed by atoms with Gasteiger partial charge in [0.1, 0.15) is 11.9 Å². The third kappa shape index (κ3) is 3.83. The van der Waals surface area contributed by atoms with Gasteiger partial charge in [0.05, 0.1) is 0 Å². The molecule has 1 rings (SSSR count). The number of carboxylic acid groups (broad SMARTS) is 1. The lowest BCUT2D eigenvalue weighted by molar-refractivity contribution is -0.137. The summed E-state index contributed by atoms with van der Waals surface area (Å²) < 4.78 is 12.8. The van der Waals surface area contributed by atoms with Gasteiger partial charge in [-0.3, -0.25) is 4.79 Å². The lowest BCUT2D eigenvalue weighted by Gasteiger charge is -2.08. The molecular weight excluding hydrogens is 229 g/mol. The Morgan fingerprint density at radius 3 is 2.88 bits per heavy atom. The van der Waals surface area contributed by atoms with Crippen LogP contribution in [0.1, 0.15) is 11.1 Å². The standard InChI is InChI=1S/C11H14FNO2S/c1-7-4-9(12)3-2-8(7)5-16-6-10(13)11(14)15/h2-4,10H,5-6,13H2,1H3,(H,14,15)/t10-/m1/s1. The van der Waals surface area contributed by atoms with Crippen LogP contribution in [0.5, 0.6) is 0 Å². The molecule has 16 heavy (non-hydrogen) atoms. The first-order chi connectivity index (χ1) is 7.50. The van der Waals surface area contributed by atoms with Crippen molar-refractivity contribution in [1.82, 2.24) is 0 Å². The first-order valence-electron chi connectivity index (χ1n) is 4.82. The third-order valence-electron chi connectivity index (χ3n) is 2.18. The number of nitrogens with two attached hydrogens (primary N) is 1. The van der Waals surface area contributed by atoms with Gasteiger partial charge in [0, 0.05) is 11.5 Å². The number of aryl methyl sites for hydroxylation is 1. The Morgan fingerprint density at radius 2 is 2.31 bits per heavy atom. The van der Waals surface area contributed by atoms with E-state index >= 15 is 0 Å². The Kier molecular flexibility index (Phi) is 4.76. The van der Waals surface area contributed by atoms with E-state index in [1.54, 1.807) is 6.07 Å². The number of aliphatic carboxylic acids is 1. The maximum Gasteiger partial charge on any atom is 0.321 e. The Morgan fingerprint density at radius 1 is 1.62 bits per heavy atom. The molecule has 88 valence electrons. The van der Waals surface area contributed by atoms with Crippen molar-refractivity contribution in [3.8, 4) is 0 Å². The Balaban J connectivity index is 2.46. The second kappa shape index (κ2) is 5.86. The zero-order valence-electron chi connectivity index (χ0n) is 8.94. The van der Waals surface area contributed by atoms with Crippen molar-refractivity contribution < 1.29 is 14.3 Å². The molecule has 0 spiro atoms. The van der Waals surface area contributed by atoms with Gasteiger partial charge in [0.25, 0.3) is 0 Å². The fourth-order valence-electron chi connectivity index (χ4n) is 1.19. The van der Waals surface area contributed by atoms with E-state index in [-0.39, 0.29) is 5.82 Å². The van der Waals surface area contributed by atoms with E-state index in [4.69, 9.17) is 10.8 Å². The zero-order chi connectivity index (χ0) is 12.1. The molecule has 5 heteroatoms. The highest BCUT2D eigenvalue weighted by Gasteiger charge is 2.11. The third-order valence-corrected chi connectivity index (χ3v) is 3.29. The SMILES string of the molecule is Cc1cc(F)ccc1CSC[C@@H](N)C(=O)O. The number of hydrogen-bond donors (Lipinski definition) is 2. The van der Waals surface area contributed by atoms with Crippen molar-refractivity contribution in [2.75, 3.05) is 5.75 Å². The molecule has 0 saturated heterocycles. The molecule has 0 aliphatic rings. The van der Waals surface area contributed by atoms with Crippen LogP contribution in [-0.4, -0.2) is 22.9 Å². The predicted molar refractivity (Wildman–Crippen MR) is 62.9 cm³/mol. The van der Waals surface area contributed by atoms with Gasteiger partial charge in [-0.05, 0) is 30.2 Å². The van der Waals surface area contributed by atoms with Crippen molar-refractivity contribution in [2.24, 2.45) is 5.73 Å². The minimum Gasteiger partial charge on any atom is -0.480 e. The molecule has 3 N–H and O–H groups in total. The molecule has 0 saturated carbocycles. The molecule has 3 nitrogen and oxygen atoms in total. The van der Waals surface area contributed by atoms with Crippen molar-refractivity contribution in [3.63, 3.8) is 0 Å². The number of carbonyl (C=O) groups is 1. The number of benzene rings is 1. The number of rotatable bonds is 5. The summed E-state index contributed by atoms with van der Waals surface area (Å²) in [7, 11) is 0. The predicted octanol–water partition coefficient (Wildman–Crippen LogP) is 1.78. The van der Waals surface area contributed by atoms with Crippen LogP contribution in [-0.2, 0) is 10.5 Å². The minimum absolute atomic E-state index is 0.256. The second-order valence-electron chi connectivity index (χ2n) is 3.53. The maximum atomic E-state index is 12.8. The van der Waals surface area contributed by atoms with E-state index < -0.39 is 12.0 Å². The highest BCUT2D eigenvalue weighted by Crippen LogP contribution is 2.17. The fourth-order valence-corrected chi connectivity index (χ4v) is 2.25. The summed E-state index contributed by atoms with van der Waals surface area (Å²) in [5.74, 6) is -0.254. The first-order valence-corrected chi connectivity index (χ1v) is 5.97. The number of hydrogen-bond acceptors (Lipinski definition) is 3. The highest BCUT2D eigenvalue weighted by molar-refractivity contribution is 7.98. The first kappa shape index (κ1) is 13.0. The Labute approximate surface area is 97.8 Å². The summed E-state index contributed by atoms with van der Waals surface area (Å²) in [6, 6.07) is 3.74. The zero-order valence-corrected chi connectivity index (χ0v) is 9.76. The number of carboxylic acids is 1. The van der Waals surface area contributed by atoms with Crippen LogP contribution in [0.15, 0.2) is 18.2 Å². The topological polar surface area (TPSA) is 63.3 Å². The average Bonchev–Trinajstić information content (AvgIpc) is 2.20. The minimum atomic E-state index is -0.997.